The third kappa shape index (κ3) is 4.11. The first-order valence-electron chi connectivity index (χ1n) is 6.59. The fourth-order valence-corrected chi connectivity index (χ4v) is 2.18. The van der Waals surface area contributed by atoms with Crippen LogP contribution in [-0.2, 0) is 6.54 Å². The van der Waals surface area contributed by atoms with Gasteiger partial charge in [0.1, 0.15) is 0 Å². The summed E-state index contributed by atoms with van der Waals surface area (Å²) in [6, 6.07) is 0. The van der Waals surface area contributed by atoms with E-state index in [1.807, 2.05) is 0 Å². The van der Waals surface area contributed by atoms with Crippen molar-refractivity contribution in [3.8, 4) is 0 Å². The Kier molecular flexibility index (Phi) is 5.62. The molecule has 0 aliphatic carbocycles. The highest BCUT2D eigenvalue weighted by molar-refractivity contribution is 4.94. The highest BCUT2D eigenvalue weighted by Crippen LogP contribution is 2.30. The van der Waals surface area contributed by atoms with Gasteiger partial charge in [0.15, 0.2) is 0 Å². The Morgan fingerprint density at radius 1 is 1.12 bits per heavy atom. The van der Waals surface area contributed by atoms with Crippen molar-refractivity contribution in [1.82, 2.24) is 15.5 Å². The molecule has 0 bridgehead atoms. The van der Waals surface area contributed by atoms with Gasteiger partial charge in [-0.05, 0) is 24.8 Å². The van der Waals surface area contributed by atoms with Gasteiger partial charge in [-0.3, -0.25) is 0 Å². The van der Waals surface area contributed by atoms with Crippen molar-refractivity contribution in [2.45, 2.75) is 53.5 Å². The van der Waals surface area contributed by atoms with Crippen molar-refractivity contribution >= 4 is 0 Å². The van der Waals surface area contributed by atoms with E-state index in [2.05, 4.69) is 50.1 Å². The summed E-state index contributed by atoms with van der Waals surface area (Å²) in [7, 11) is 0. The first-order valence-corrected chi connectivity index (χ1v) is 6.59. The highest BCUT2D eigenvalue weighted by Gasteiger charge is 2.25. The molecule has 0 aromatic carbocycles. The molecule has 0 spiro atoms. The van der Waals surface area contributed by atoms with Crippen LogP contribution in [0.3, 0.4) is 0 Å². The lowest BCUT2D eigenvalue weighted by Gasteiger charge is -2.20. The number of rotatable bonds is 7. The normalized spacial score (nSPS) is 12.0. The summed E-state index contributed by atoms with van der Waals surface area (Å²) >= 11 is 0. The van der Waals surface area contributed by atoms with Gasteiger partial charge in [-0.2, -0.15) is 0 Å². The summed E-state index contributed by atoms with van der Waals surface area (Å²) in [6.45, 7) is 12.6. The average Bonchev–Trinajstić information content (AvgIpc) is 2.65. The van der Waals surface area contributed by atoms with E-state index in [1.165, 1.54) is 0 Å². The van der Waals surface area contributed by atoms with Crippen molar-refractivity contribution in [2.75, 3.05) is 6.54 Å². The van der Waals surface area contributed by atoms with E-state index in [0.29, 0.717) is 30.2 Å². The van der Waals surface area contributed by atoms with Crippen LogP contribution < -0.4 is 5.32 Å². The lowest BCUT2D eigenvalue weighted by atomic mass is 9.85. The largest absolute Gasteiger partial charge is 0.424 e. The van der Waals surface area contributed by atoms with Crippen LogP contribution in [0.15, 0.2) is 4.42 Å². The summed E-state index contributed by atoms with van der Waals surface area (Å²) in [6.07, 6.45) is 1.11. The van der Waals surface area contributed by atoms with Crippen molar-refractivity contribution < 1.29 is 4.42 Å². The van der Waals surface area contributed by atoms with Crippen LogP contribution in [0.25, 0.3) is 0 Å². The number of aromatic nitrogens is 2. The molecule has 4 nitrogen and oxygen atoms in total. The Bertz CT molecular complexity index is 312. The summed E-state index contributed by atoms with van der Waals surface area (Å²) in [4.78, 5) is 0. The molecule has 0 saturated heterocycles. The Morgan fingerprint density at radius 2 is 1.76 bits per heavy atom. The molecule has 1 aromatic rings. The monoisotopic (exact) mass is 239 g/mol. The van der Waals surface area contributed by atoms with Crippen LogP contribution in [0.4, 0.5) is 0 Å². The standard InChI is InChI=1S/C13H25N3O/c1-6-7-14-8-11-15-16-13(17-11)12(9(2)3)10(4)5/h9-10,12,14H,6-8H2,1-5H3. The van der Waals surface area contributed by atoms with Crippen molar-refractivity contribution in [2.24, 2.45) is 11.8 Å². The maximum atomic E-state index is 5.73. The van der Waals surface area contributed by atoms with Gasteiger partial charge >= 0.3 is 0 Å². The average molecular weight is 239 g/mol. The van der Waals surface area contributed by atoms with Gasteiger partial charge in [-0.1, -0.05) is 34.6 Å². The zero-order chi connectivity index (χ0) is 12.8. The Morgan fingerprint density at radius 3 is 2.29 bits per heavy atom. The fourth-order valence-electron chi connectivity index (χ4n) is 2.18. The van der Waals surface area contributed by atoms with Gasteiger partial charge in [0.05, 0.1) is 6.54 Å². The summed E-state index contributed by atoms with van der Waals surface area (Å²) in [5, 5.41) is 11.5. The molecule has 1 N–H and O–H groups in total. The molecule has 0 aliphatic heterocycles. The van der Waals surface area contributed by atoms with E-state index in [0.717, 1.165) is 18.9 Å². The third-order valence-electron chi connectivity index (χ3n) is 2.91. The lowest BCUT2D eigenvalue weighted by molar-refractivity contribution is 0.303. The van der Waals surface area contributed by atoms with Crippen molar-refractivity contribution in [3.05, 3.63) is 11.8 Å². The van der Waals surface area contributed by atoms with E-state index >= 15 is 0 Å². The minimum atomic E-state index is 0.349. The maximum Gasteiger partial charge on any atom is 0.230 e. The predicted molar refractivity (Wildman–Crippen MR) is 68.7 cm³/mol. The van der Waals surface area contributed by atoms with Crippen LogP contribution in [0.2, 0.25) is 0 Å². The number of nitrogens with zero attached hydrogens (tertiary/aromatic N) is 2. The Balaban J connectivity index is 2.65. The molecule has 98 valence electrons. The highest BCUT2D eigenvalue weighted by atomic mass is 16.4. The van der Waals surface area contributed by atoms with Gasteiger partial charge in [0.25, 0.3) is 0 Å². The summed E-state index contributed by atoms with van der Waals surface area (Å²) in [5.41, 5.74) is 0. The molecule has 0 atom stereocenters. The molecule has 0 fully saturated rings. The Labute approximate surface area is 104 Å². The number of hydrogen-bond donors (Lipinski definition) is 1. The molecule has 4 heteroatoms. The first-order chi connectivity index (χ1) is 8.06. The van der Waals surface area contributed by atoms with Crippen LogP contribution in [0.1, 0.15) is 58.7 Å². The molecule has 0 unspecified atom stereocenters. The second-order valence-corrected chi connectivity index (χ2v) is 5.22. The summed E-state index contributed by atoms with van der Waals surface area (Å²) < 4.78 is 5.73. The van der Waals surface area contributed by atoms with E-state index in [4.69, 9.17) is 4.42 Å². The molecule has 0 amide bonds. The SMILES string of the molecule is CCCNCc1nnc(C(C(C)C)C(C)C)o1. The van der Waals surface area contributed by atoms with Crippen molar-refractivity contribution in [3.63, 3.8) is 0 Å². The van der Waals surface area contributed by atoms with E-state index in [9.17, 15) is 0 Å². The minimum absolute atomic E-state index is 0.349. The number of hydrogen-bond acceptors (Lipinski definition) is 4. The van der Waals surface area contributed by atoms with Gasteiger partial charge in [-0.15, -0.1) is 10.2 Å². The minimum Gasteiger partial charge on any atom is -0.424 e. The molecule has 1 aromatic heterocycles. The maximum absolute atomic E-state index is 5.73. The topological polar surface area (TPSA) is 51.0 Å². The molecule has 0 aliphatic rings. The first kappa shape index (κ1) is 14.2. The van der Waals surface area contributed by atoms with Crippen LogP contribution >= 0.6 is 0 Å². The van der Waals surface area contributed by atoms with Crippen LogP contribution in [-0.4, -0.2) is 16.7 Å². The van der Waals surface area contributed by atoms with Gasteiger partial charge in [0.2, 0.25) is 11.8 Å². The third-order valence-corrected chi connectivity index (χ3v) is 2.91. The second-order valence-electron chi connectivity index (χ2n) is 5.22. The van der Waals surface area contributed by atoms with Crippen LogP contribution in [0.5, 0.6) is 0 Å². The molecule has 1 heterocycles. The Hall–Kier alpha value is -0.900. The van der Waals surface area contributed by atoms with Gasteiger partial charge in [-0.25, -0.2) is 0 Å². The fraction of sp³-hybridized carbons (Fsp3) is 0.846. The summed E-state index contributed by atoms with van der Waals surface area (Å²) in [5.74, 6) is 2.87. The molecule has 0 radical (unpaired) electrons. The lowest BCUT2D eigenvalue weighted by Crippen LogP contribution is -2.14. The molecule has 17 heavy (non-hydrogen) atoms. The zero-order valence-corrected chi connectivity index (χ0v) is 11.7. The number of nitrogens with one attached hydrogen (secondary N) is 1. The van der Waals surface area contributed by atoms with E-state index < -0.39 is 0 Å². The van der Waals surface area contributed by atoms with E-state index in [1.54, 1.807) is 0 Å². The predicted octanol–water partition coefficient (Wildman–Crippen LogP) is 2.96. The molecular formula is C13H25N3O. The van der Waals surface area contributed by atoms with Crippen LogP contribution in [0, 0.1) is 11.8 Å². The quantitative estimate of drug-likeness (QED) is 0.743. The van der Waals surface area contributed by atoms with Gasteiger partial charge in [0, 0.05) is 5.92 Å². The zero-order valence-electron chi connectivity index (χ0n) is 11.7. The molecule has 0 saturated carbocycles. The second kappa shape index (κ2) is 6.74. The smallest absolute Gasteiger partial charge is 0.230 e. The molecule has 1 rings (SSSR count). The van der Waals surface area contributed by atoms with Gasteiger partial charge < -0.3 is 9.73 Å². The van der Waals surface area contributed by atoms with E-state index in [-0.39, 0.29) is 0 Å². The molecular weight excluding hydrogens is 214 g/mol. The van der Waals surface area contributed by atoms with Crippen molar-refractivity contribution in [1.29, 1.82) is 0 Å².